The molecule has 0 aromatic heterocycles. The summed E-state index contributed by atoms with van der Waals surface area (Å²) in [5.74, 6) is -1.04. The number of hydrogen-bond acceptors (Lipinski definition) is 5. The maximum absolute atomic E-state index is 12.0. The number of carbonyl (C=O) groups is 2. The van der Waals surface area contributed by atoms with Gasteiger partial charge in [-0.25, -0.2) is 5.43 Å². The first-order valence-corrected chi connectivity index (χ1v) is 9.48. The Labute approximate surface area is 180 Å². The van der Waals surface area contributed by atoms with Crippen LogP contribution in [0.15, 0.2) is 84.0 Å². The zero-order valence-electron chi connectivity index (χ0n) is 16.8. The average molecular weight is 412 g/mol. The summed E-state index contributed by atoms with van der Waals surface area (Å²) in [7, 11) is 0. The van der Waals surface area contributed by atoms with Gasteiger partial charge in [0.25, 0.3) is 0 Å². The molecule has 0 fully saturated rings. The van der Waals surface area contributed by atoms with Crippen LogP contribution in [0.2, 0.25) is 0 Å². The van der Waals surface area contributed by atoms with Crippen molar-refractivity contribution >= 4 is 23.2 Å². The highest BCUT2D eigenvalue weighted by Gasteiger charge is 2.13. The first-order chi connectivity index (χ1) is 15.0. The highest BCUT2D eigenvalue weighted by atomic mass is 16.5. The van der Waals surface area contributed by atoms with Crippen LogP contribution in [0.25, 0.3) is 0 Å². The quantitative estimate of drug-likeness (QED) is 0.367. The molecule has 3 aromatic carbocycles. The highest BCUT2D eigenvalue weighted by molar-refractivity contribution is 6.39. The van der Waals surface area contributed by atoms with Gasteiger partial charge in [0, 0.05) is 5.69 Å². The third kappa shape index (κ3) is 6.27. The molecule has 0 unspecified atom stereocenters. The number of ether oxygens (including phenoxy) is 1. The molecule has 0 saturated carbocycles. The van der Waals surface area contributed by atoms with Crippen LogP contribution in [0.3, 0.4) is 0 Å². The molecule has 0 radical (unpaired) electrons. The fourth-order valence-corrected chi connectivity index (χ4v) is 2.60. The van der Waals surface area contributed by atoms with Gasteiger partial charge in [-0.1, -0.05) is 30.3 Å². The summed E-state index contributed by atoms with van der Waals surface area (Å²) >= 11 is 0. The molecule has 2 amide bonds. The van der Waals surface area contributed by atoms with Gasteiger partial charge < -0.3 is 10.1 Å². The Morgan fingerprint density at radius 3 is 2.26 bits per heavy atom. The minimum atomic E-state index is -0.897. The number of nitrogens with one attached hydrogen (secondary N) is 2. The van der Waals surface area contributed by atoms with E-state index in [0.29, 0.717) is 29.3 Å². The van der Waals surface area contributed by atoms with Crippen molar-refractivity contribution in [3.8, 4) is 11.8 Å². The van der Waals surface area contributed by atoms with Crippen LogP contribution < -0.4 is 15.5 Å². The van der Waals surface area contributed by atoms with E-state index < -0.39 is 11.8 Å². The first-order valence-electron chi connectivity index (χ1n) is 9.48. The van der Waals surface area contributed by atoms with E-state index in [4.69, 9.17) is 10.00 Å². The molecule has 7 nitrogen and oxygen atoms in total. The summed E-state index contributed by atoms with van der Waals surface area (Å²) in [6, 6.07) is 25.3. The molecule has 2 N–H and O–H groups in total. The standard InChI is InChI=1S/C24H20N4O3/c1-17(20-9-13-22(14-10-20)31-16-19-5-3-2-4-6-19)27-28-24(30)23(29)26-21-11-7-18(15-25)8-12-21/h2-14H,16H2,1H3,(H,26,29)(H,28,30)/b27-17+. The Kier molecular flexibility index (Phi) is 7.12. The summed E-state index contributed by atoms with van der Waals surface area (Å²) in [5.41, 5.74) is 5.49. The highest BCUT2D eigenvalue weighted by Crippen LogP contribution is 2.15. The van der Waals surface area contributed by atoms with Crippen molar-refractivity contribution in [3.63, 3.8) is 0 Å². The first kappa shape index (κ1) is 21.3. The lowest BCUT2D eigenvalue weighted by molar-refractivity contribution is -0.136. The van der Waals surface area contributed by atoms with E-state index in [2.05, 4.69) is 15.8 Å². The van der Waals surface area contributed by atoms with E-state index in [1.165, 1.54) is 0 Å². The van der Waals surface area contributed by atoms with Gasteiger partial charge in [-0.3, -0.25) is 9.59 Å². The molecule has 0 aliphatic rings. The summed E-state index contributed by atoms with van der Waals surface area (Å²) in [6.45, 7) is 2.19. The van der Waals surface area contributed by atoms with E-state index >= 15 is 0 Å². The predicted octanol–water partition coefficient (Wildman–Crippen LogP) is 3.62. The molecule has 3 rings (SSSR count). The minimum absolute atomic E-state index is 0.408. The van der Waals surface area contributed by atoms with Gasteiger partial charge in [-0.15, -0.1) is 0 Å². The lowest BCUT2D eigenvalue weighted by Crippen LogP contribution is -2.32. The van der Waals surface area contributed by atoms with Crippen LogP contribution in [0.1, 0.15) is 23.6 Å². The lowest BCUT2D eigenvalue weighted by Gasteiger charge is -2.08. The maximum atomic E-state index is 12.0. The van der Waals surface area contributed by atoms with Crippen molar-refractivity contribution in [1.29, 1.82) is 5.26 Å². The fourth-order valence-electron chi connectivity index (χ4n) is 2.60. The molecule has 7 heteroatoms. The van der Waals surface area contributed by atoms with Crippen LogP contribution in [0.4, 0.5) is 5.69 Å². The van der Waals surface area contributed by atoms with Crippen molar-refractivity contribution in [1.82, 2.24) is 5.43 Å². The number of nitrogens with zero attached hydrogens (tertiary/aromatic N) is 2. The van der Waals surface area contributed by atoms with E-state index in [1.54, 1.807) is 31.2 Å². The van der Waals surface area contributed by atoms with Crippen molar-refractivity contribution < 1.29 is 14.3 Å². The molecule has 0 aliphatic carbocycles. The van der Waals surface area contributed by atoms with E-state index in [1.807, 2.05) is 60.7 Å². The SMILES string of the molecule is C/C(=N\NC(=O)C(=O)Nc1ccc(C#N)cc1)c1ccc(OCc2ccccc2)cc1. The second-order valence-electron chi connectivity index (χ2n) is 6.58. The Bertz CT molecular complexity index is 1120. The monoisotopic (exact) mass is 412 g/mol. The summed E-state index contributed by atoms with van der Waals surface area (Å²) < 4.78 is 5.75. The van der Waals surface area contributed by atoms with Crippen molar-refractivity contribution in [2.75, 3.05) is 5.32 Å². The molecule has 0 spiro atoms. The molecule has 31 heavy (non-hydrogen) atoms. The Morgan fingerprint density at radius 2 is 1.61 bits per heavy atom. The third-order valence-corrected chi connectivity index (χ3v) is 4.32. The van der Waals surface area contributed by atoms with Gasteiger partial charge in [0.2, 0.25) is 0 Å². The zero-order valence-corrected chi connectivity index (χ0v) is 16.8. The predicted molar refractivity (Wildman–Crippen MR) is 117 cm³/mol. The van der Waals surface area contributed by atoms with Gasteiger partial charge >= 0.3 is 11.8 Å². The van der Waals surface area contributed by atoms with Crippen molar-refractivity contribution in [2.45, 2.75) is 13.5 Å². The van der Waals surface area contributed by atoms with Gasteiger partial charge in [-0.05, 0) is 66.6 Å². The zero-order chi connectivity index (χ0) is 22.1. The maximum Gasteiger partial charge on any atom is 0.329 e. The van der Waals surface area contributed by atoms with Crippen LogP contribution in [0.5, 0.6) is 5.75 Å². The largest absolute Gasteiger partial charge is 0.489 e. The Balaban J connectivity index is 1.52. The molecule has 0 aliphatic heterocycles. The van der Waals surface area contributed by atoms with Crippen LogP contribution >= 0.6 is 0 Å². The molecule has 3 aromatic rings. The third-order valence-electron chi connectivity index (χ3n) is 4.32. The van der Waals surface area contributed by atoms with E-state index in [9.17, 15) is 9.59 Å². The number of carbonyl (C=O) groups excluding carboxylic acids is 2. The number of nitriles is 1. The van der Waals surface area contributed by atoms with E-state index in [0.717, 1.165) is 11.1 Å². The van der Waals surface area contributed by atoms with Crippen molar-refractivity contribution in [2.24, 2.45) is 5.10 Å². The van der Waals surface area contributed by atoms with Gasteiger partial charge in [-0.2, -0.15) is 10.4 Å². The molecule has 0 bridgehead atoms. The molecular formula is C24H20N4O3. The van der Waals surface area contributed by atoms with Gasteiger partial charge in [0.15, 0.2) is 0 Å². The Morgan fingerprint density at radius 1 is 0.935 bits per heavy atom. The smallest absolute Gasteiger partial charge is 0.329 e. The van der Waals surface area contributed by atoms with Gasteiger partial charge in [0.05, 0.1) is 17.3 Å². The topological polar surface area (TPSA) is 104 Å². The van der Waals surface area contributed by atoms with Crippen LogP contribution in [0, 0.1) is 11.3 Å². The summed E-state index contributed by atoms with van der Waals surface area (Å²) in [5, 5.41) is 15.2. The number of benzene rings is 3. The number of hydrazone groups is 1. The lowest BCUT2D eigenvalue weighted by atomic mass is 10.1. The number of rotatable bonds is 6. The van der Waals surface area contributed by atoms with Crippen LogP contribution in [-0.2, 0) is 16.2 Å². The Hall–Kier alpha value is -4.44. The molecular weight excluding hydrogens is 392 g/mol. The van der Waals surface area contributed by atoms with Gasteiger partial charge in [0.1, 0.15) is 12.4 Å². The molecule has 154 valence electrons. The van der Waals surface area contributed by atoms with Crippen LogP contribution in [-0.4, -0.2) is 17.5 Å². The van der Waals surface area contributed by atoms with E-state index in [-0.39, 0.29) is 0 Å². The molecule has 0 heterocycles. The minimum Gasteiger partial charge on any atom is -0.489 e. The average Bonchev–Trinajstić information content (AvgIpc) is 2.82. The summed E-state index contributed by atoms with van der Waals surface area (Å²) in [6.07, 6.45) is 0. The normalized spacial score (nSPS) is 10.6. The molecule has 0 atom stereocenters. The second kappa shape index (κ2) is 10.4. The fraction of sp³-hybridized carbons (Fsp3) is 0.0833. The molecule has 0 saturated heterocycles. The number of amides is 2. The van der Waals surface area contributed by atoms with Crippen molar-refractivity contribution in [3.05, 3.63) is 95.6 Å². The number of anilines is 1. The number of hydrogen-bond donors (Lipinski definition) is 2. The summed E-state index contributed by atoms with van der Waals surface area (Å²) in [4.78, 5) is 24.0. The second-order valence-corrected chi connectivity index (χ2v) is 6.58.